The summed E-state index contributed by atoms with van der Waals surface area (Å²) in [5, 5.41) is 37.9. The molecule has 0 aliphatic carbocycles. The average molecular weight is 1680 g/mol. The van der Waals surface area contributed by atoms with Crippen LogP contribution in [0.4, 0.5) is 9.59 Å². The summed E-state index contributed by atoms with van der Waals surface area (Å²) >= 11 is 0. The number of alkyl carbamates (subject to hydrolysis) is 2. The normalized spacial score (nSPS) is 12.4. The molecule has 4 aromatic carbocycles. The number of nitrogens with one attached hydrogen (secondary N) is 4. The van der Waals surface area contributed by atoms with Crippen molar-refractivity contribution in [2.75, 3.05) is 133 Å². The smallest absolute Gasteiger partial charge is 0.407 e. The third-order valence-electron chi connectivity index (χ3n) is 13.4. The molecule has 628 valence electrons. The molecule has 107 heavy (non-hydrogen) atoms. The van der Waals surface area contributed by atoms with Gasteiger partial charge in [0.25, 0.3) is 0 Å². The fraction of sp³-hybridized carbons (Fsp3) is 0.667. The predicted molar refractivity (Wildman–Crippen MR) is 492 cm³/mol. The van der Waals surface area contributed by atoms with Crippen molar-refractivity contribution < 1.29 is 63.0 Å². The maximum Gasteiger partial charge on any atom is 0.407 e. The second-order valence-corrected chi connectivity index (χ2v) is 42.8. The van der Waals surface area contributed by atoms with Gasteiger partial charge in [-0.05, 0) is 144 Å². The minimum Gasteiger partial charge on any atom is -0.491 e. The third kappa shape index (κ3) is 92.9. The van der Waals surface area contributed by atoms with E-state index >= 15 is 0 Å². The largest absolute Gasteiger partial charge is 0.491 e. The maximum atomic E-state index is 11.5. The molecule has 0 radical (unpaired) electrons. The van der Waals surface area contributed by atoms with E-state index in [1.165, 1.54) is 61.8 Å². The summed E-state index contributed by atoms with van der Waals surface area (Å²) in [5.74, 6) is 3.41. The average Bonchev–Trinajstić information content (AvgIpc) is 1.84. The van der Waals surface area contributed by atoms with Crippen LogP contribution in [0.3, 0.4) is 0 Å². The maximum absolute atomic E-state index is 11.5. The number of aliphatic hydroxyl groups is 3. The number of aryl methyl sites for hydroxylation is 4. The molecule has 11 N–H and O–H groups in total. The number of nitrogens with two attached hydrogens (primary N) is 2. The molecule has 4 aromatic rings. The van der Waals surface area contributed by atoms with Crippen LogP contribution in [0.1, 0.15) is 171 Å². The lowest BCUT2D eigenvalue weighted by Crippen LogP contribution is -3.11. The zero-order chi connectivity index (χ0) is 83.5. The van der Waals surface area contributed by atoms with E-state index in [4.69, 9.17) is 44.6 Å². The van der Waals surface area contributed by atoms with Gasteiger partial charge in [0.2, 0.25) is 0 Å². The molecule has 2 amide bonds. The number of rotatable bonds is 32. The van der Waals surface area contributed by atoms with E-state index in [9.17, 15) is 24.9 Å². The topological polar surface area (TPSA) is 262 Å². The van der Waals surface area contributed by atoms with Gasteiger partial charge in [0.05, 0.1) is 20.2 Å². The lowest BCUT2D eigenvalue weighted by molar-refractivity contribution is -0.881. The number of nitrogens with zero attached hydrogens (tertiary/aromatic N) is 2. The summed E-state index contributed by atoms with van der Waals surface area (Å²) in [7, 11) is 26.3. The first-order chi connectivity index (χ1) is 50.5. The van der Waals surface area contributed by atoms with Crippen molar-refractivity contribution in [3.63, 3.8) is 0 Å². The lowest BCUT2D eigenvalue weighted by atomic mass is 10.2. The number of hydrogen-bond donors (Lipinski definition) is 9. The van der Waals surface area contributed by atoms with E-state index in [1.54, 1.807) is 0 Å². The Kier molecular flexibility index (Phi) is 92.4. The number of carbonyl (C=O) groups is 2. The van der Waals surface area contributed by atoms with Crippen LogP contribution in [0.5, 0.6) is 23.0 Å². The molecule has 1 aliphatic rings. The van der Waals surface area contributed by atoms with Gasteiger partial charge in [0, 0.05) is 58.9 Å². The Morgan fingerprint density at radius 2 is 0.841 bits per heavy atom. The second kappa shape index (κ2) is 83.5. The summed E-state index contributed by atoms with van der Waals surface area (Å²) in [6, 6.07) is 31.3. The van der Waals surface area contributed by atoms with Crippen molar-refractivity contribution in [1.29, 1.82) is 0 Å². The first kappa shape index (κ1) is 118. The van der Waals surface area contributed by atoms with E-state index in [0.29, 0.717) is 78.3 Å². The van der Waals surface area contributed by atoms with Crippen LogP contribution in [0.25, 0.3) is 0 Å². The Bertz CT molecular complexity index is 2460. The highest BCUT2D eigenvalue weighted by atomic mass is 32.7. The van der Waals surface area contributed by atoms with Crippen molar-refractivity contribution >= 4 is 89.6 Å². The van der Waals surface area contributed by atoms with Crippen LogP contribution in [0.2, 0.25) is 0 Å². The Morgan fingerprint density at radius 1 is 0.551 bits per heavy atom. The van der Waals surface area contributed by atoms with E-state index in [-0.39, 0.29) is 19.7 Å². The predicted octanol–water partition coefficient (Wildman–Crippen LogP) is 15.5. The van der Waals surface area contributed by atoms with E-state index in [0.717, 1.165) is 73.9 Å². The van der Waals surface area contributed by atoms with Crippen molar-refractivity contribution in [2.45, 2.75) is 212 Å². The van der Waals surface area contributed by atoms with Gasteiger partial charge in [-0.3, -0.25) is 0 Å². The Balaban J connectivity index is -0.000000219. The number of amides is 2. The molecular formula is C78H160N8O12P9+. The molecule has 5 rings (SSSR count). The third-order valence-corrected chi connectivity index (χ3v) is 13.4. The summed E-state index contributed by atoms with van der Waals surface area (Å²) in [6.45, 7) is 45.9. The van der Waals surface area contributed by atoms with Gasteiger partial charge in [-0.2, -0.15) is 0 Å². The van der Waals surface area contributed by atoms with Crippen molar-refractivity contribution in [1.82, 2.24) is 25.8 Å². The summed E-state index contributed by atoms with van der Waals surface area (Å²) in [4.78, 5) is 27.6. The number of aliphatic hydroxyl groups excluding tert-OH is 3. The van der Waals surface area contributed by atoms with Gasteiger partial charge in [-0.25, -0.2) is 9.59 Å². The van der Waals surface area contributed by atoms with Gasteiger partial charge < -0.3 is 90.6 Å². The summed E-state index contributed by atoms with van der Waals surface area (Å²) in [6.07, 6.45) is 8.55. The molecule has 0 spiro atoms. The number of quaternary nitrogens is 1. The quantitative estimate of drug-likeness (QED) is 0.0125. The monoisotopic (exact) mass is 1680 g/mol. The molecule has 20 nitrogen and oxygen atoms in total. The van der Waals surface area contributed by atoms with E-state index in [2.05, 4.69) is 134 Å². The highest BCUT2D eigenvalue weighted by molar-refractivity contribution is 8.65. The van der Waals surface area contributed by atoms with Gasteiger partial charge >= 0.3 is 12.2 Å². The molecule has 1 heterocycles. The molecule has 1 fully saturated rings. The standard InChI is InChI=1S/C18H30N2O4.2C13H22N2O2.C10H12O2.C8H18N2O2.4C4H10.H6P4.H5P3.H4P2/c1-14-8-6-7-9-16(14)23-13-15(21)12-20(5)11-10-19-17(22)24-18(2,3)4;2*1-11-5-3-4-6-13(11)17-10-12(16)9-15(2)8-7-14;1-8-4-2-3-5-10(8)12-7-9-6-11-9;1-8(2,3)12-7(11)10-6-5-9-4;4*1-3-4-2;1-4(2)3;1-3-2;1-2/h6-9,15,21H,10-13H2,1-5H3,(H,19,22);2*3-6,12,16H,7-10,14H2,1-2H3;2-5,9H,6-7H2,1H3;9H,5-6H2,1-4H3,(H,10,11);4*3-4H2,1-2H3;1-3H2;3H,1-2H2;1-2H2/p+1. The minimum atomic E-state index is -0.601. The van der Waals surface area contributed by atoms with Crippen LogP contribution >= 0.6 is 77.4 Å². The van der Waals surface area contributed by atoms with E-state index in [1.807, 2.05) is 204 Å². The van der Waals surface area contributed by atoms with Crippen molar-refractivity contribution in [3.8, 4) is 23.0 Å². The minimum absolute atomic E-state index is 0.130. The van der Waals surface area contributed by atoms with Gasteiger partial charge in [-0.1, -0.05) is 188 Å². The molecule has 12 atom stereocenters. The fourth-order valence-corrected chi connectivity index (χ4v) is 7.08. The molecule has 1 aliphatic heterocycles. The first-order valence-corrected chi connectivity index (χ1v) is 51.1. The Labute approximate surface area is 673 Å². The molecule has 1 saturated heterocycles. The van der Waals surface area contributed by atoms with Gasteiger partial charge in [0.1, 0.15) is 91.6 Å². The Morgan fingerprint density at radius 3 is 1.11 bits per heavy atom. The first-order valence-electron chi connectivity index (χ1n) is 37.7. The van der Waals surface area contributed by atoms with Crippen molar-refractivity contribution in [2.24, 2.45) is 11.5 Å². The fourth-order valence-electron chi connectivity index (χ4n) is 7.08. The second-order valence-electron chi connectivity index (χ2n) is 26.8. The van der Waals surface area contributed by atoms with Gasteiger partial charge in [-0.15, -0.1) is 62.5 Å². The molecule has 0 aromatic heterocycles. The zero-order valence-electron chi connectivity index (χ0n) is 70.6. The highest BCUT2D eigenvalue weighted by Gasteiger charge is 2.23. The number of unbranched alkanes of at least 4 members (excludes halogenated alkanes) is 4. The van der Waals surface area contributed by atoms with Gasteiger partial charge in [0.15, 0.2) is 0 Å². The number of ether oxygens (including phenoxy) is 7. The SMILES string of the molecule is CCCC.CCCC.CCCC.CCCC.CNCCNC(=O)OC(C)(C)C.Cc1ccccc1OCC(O)CN(C)CCN.Cc1ccccc1OCC(O)CN(C)CCNC(=O)OC(C)(C)C.Cc1ccccc1OCC(O)C[NH+](C)CCN.Cc1ccccc1OCC1CO1.PP.PP(P)P.PPP. The number of hydrogen-bond acceptors (Lipinski definition) is 17. The molecule has 0 bridgehead atoms. The number of para-hydroxylation sites is 4. The molecule has 0 saturated carbocycles. The summed E-state index contributed by atoms with van der Waals surface area (Å²) in [5.41, 5.74) is 14.4. The van der Waals surface area contributed by atoms with Crippen LogP contribution in [0, 0.1) is 27.7 Å². The molecule has 29 heteroatoms. The van der Waals surface area contributed by atoms with Crippen LogP contribution in [0.15, 0.2) is 97.1 Å². The Hall–Kier alpha value is -1.91. The van der Waals surface area contributed by atoms with Crippen LogP contribution in [-0.2, 0) is 14.2 Å². The zero-order valence-corrected chi connectivity index (χ0v) is 80.5. The van der Waals surface area contributed by atoms with Crippen molar-refractivity contribution in [3.05, 3.63) is 119 Å². The van der Waals surface area contributed by atoms with Crippen LogP contribution in [-0.4, -0.2) is 206 Å². The number of benzene rings is 4. The number of likely N-dealkylation sites (N-methyl/N-ethyl adjacent to an activating group) is 4. The lowest BCUT2D eigenvalue weighted by Gasteiger charge is -2.22. The number of epoxide rings is 1. The molecular weight excluding hydrogens is 1520 g/mol. The molecule has 12 unspecified atom stereocenters. The van der Waals surface area contributed by atoms with E-state index < -0.39 is 35.6 Å². The number of carbonyl (C=O) groups excluding carboxylic acids is 2. The summed E-state index contributed by atoms with van der Waals surface area (Å²) < 4.78 is 37.5. The highest BCUT2D eigenvalue weighted by Crippen LogP contribution is 2.60. The van der Waals surface area contributed by atoms with Crippen LogP contribution < -0.4 is 51.3 Å².